The number of amides is 2. The lowest BCUT2D eigenvalue weighted by molar-refractivity contribution is -0.122. The Balaban J connectivity index is 1.33. The van der Waals surface area contributed by atoms with Crippen LogP contribution in [-0.4, -0.2) is 46.5 Å². The van der Waals surface area contributed by atoms with E-state index < -0.39 is 0 Å². The molecule has 2 N–H and O–H groups in total. The number of benzene rings is 3. The van der Waals surface area contributed by atoms with Gasteiger partial charge in [0, 0.05) is 42.9 Å². The molecule has 3 aromatic carbocycles. The number of hydrogen-bond acceptors (Lipinski definition) is 3. The summed E-state index contributed by atoms with van der Waals surface area (Å²) in [7, 11) is 0. The molecule has 2 saturated heterocycles. The van der Waals surface area contributed by atoms with Crippen LogP contribution in [0.4, 0.5) is 0 Å². The summed E-state index contributed by atoms with van der Waals surface area (Å²) in [5, 5.41) is 12.1. The summed E-state index contributed by atoms with van der Waals surface area (Å²) in [6.45, 7) is 1.82. The number of carbonyl (C=O) groups excluding carboxylic acids is 2. The van der Waals surface area contributed by atoms with E-state index in [1.807, 2.05) is 47.4 Å². The zero-order chi connectivity index (χ0) is 21.7. The molecular formula is C26H22N4O2. The quantitative estimate of drug-likeness (QED) is 0.528. The number of H-pyrrole nitrogens is 1. The number of nitrogens with one attached hydrogen (secondary N) is 2. The van der Waals surface area contributed by atoms with Gasteiger partial charge in [0.25, 0.3) is 5.91 Å². The molecule has 6 nitrogen and oxygen atoms in total. The average molecular weight is 422 g/mol. The molecule has 0 radical (unpaired) electrons. The fourth-order valence-electron chi connectivity index (χ4n) is 5.03. The van der Waals surface area contributed by atoms with Gasteiger partial charge >= 0.3 is 0 Å². The molecule has 2 aliphatic rings. The first-order valence-electron chi connectivity index (χ1n) is 10.9. The molecule has 2 amide bonds. The van der Waals surface area contributed by atoms with Crippen molar-refractivity contribution in [1.29, 1.82) is 0 Å². The van der Waals surface area contributed by atoms with Gasteiger partial charge in [0.1, 0.15) is 0 Å². The van der Waals surface area contributed by atoms with Crippen LogP contribution in [0.3, 0.4) is 0 Å². The number of rotatable bonds is 3. The molecule has 0 bridgehead atoms. The highest BCUT2D eigenvalue weighted by Gasteiger charge is 2.43. The Labute approximate surface area is 185 Å². The normalized spacial score (nSPS) is 19.9. The van der Waals surface area contributed by atoms with Crippen LogP contribution in [-0.2, 0) is 4.79 Å². The zero-order valence-corrected chi connectivity index (χ0v) is 17.4. The molecule has 2 atom stereocenters. The third-order valence-corrected chi connectivity index (χ3v) is 6.72. The van der Waals surface area contributed by atoms with E-state index in [0.29, 0.717) is 25.2 Å². The minimum atomic E-state index is -0.0619. The van der Waals surface area contributed by atoms with E-state index >= 15 is 0 Å². The Hall–Kier alpha value is -3.93. The second-order valence-electron chi connectivity index (χ2n) is 8.61. The number of fused-ring (bicyclic) bond motifs is 2. The van der Waals surface area contributed by atoms with Gasteiger partial charge in [0.05, 0.1) is 11.6 Å². The summed E-state index contributed by atoms with van der Waals surface area (Å²) in [5.41, 5.74) is 4.95. The second kappa shape index (κ2) is 7.34. The first-order chi connectivity index (χ1) is 15.7. The van der Waals surface area contributed by atoms with Gasteiger partial charge in [-0.25, -0.2) is 0 Å². The predicted molar refractivity (Wildman–Crippen MR) is 123 cm³/mol. The van der Waals surface area contributed by atoms with Crippen molar-refractivity contribution in [3.8, 4) is 22.4 Å². The molecule has 6 heteroatoms. The van der Waals surface area contributed by atoms with Crippen LogP contribution in [0.25, 0.3) is 33.2 Å². The lowest BCUT2D eigenvalue weighted by atomic mass is 9.95. The molecule has 2 aliphatic heterocycles. The van der Waals surface area contributed by atoms with Crippen LogP contribution in [0.2, 0.25) is 0 Å². The van der Waals surface area contributed by atoms with E-state index in [1.54, 1.807) is 6.20 Å². The summed E-state index contributed by atoms with van der Waals surface area (Å²) >= 11 is 0. The molecule has 3 heterocycles. The second-order valence-corrected chi connectivity index (χ2v) is 8.61. The van der Waals surface area contributed by atoms with Gasteiger partial charge in [-0.15, -0.1) is 0 Å². The van der Waals surface area contributed by atoms with Crippen LogP contribution in [0.5, 0.6) is 0 Å². The van der Waals surface area contributed by atoms with Crippen molar-refractivity contribution in [2.75, 3.05) is 19.6 Å². The van der Waals surface area contributed by atoms with Crippen molar-refractivity contribution < 1.29 is 9.59 Å². The van der Waals surface area contributed by atoms with E-state index in [9.17, 15) is 9.59 Å². The van der Waals surface area contributed by atoms with Crippen LogP contribution >= 0.6 is 0 Å². The molecule has 4 aromatic rings. The smallest absolute Gasteiger partial charge is 0.253 e. The summed E-state index contributed by atoms with van der Waals surface area (Å²) in [5.74, 6) is 0.250. The number of aromatic amines is 1. The molecule has 2 fully saturated rings. The van der Waals surface area contributed by atoms with Crippen molar-refractivity contribution in [3.63, 3.8) is 0 Å². The van der Waals surface area contributed by atoms with Gasteiger partial charge in [-0.3, -0.25) is 14.7 Å². The number of nitrogens with zero attached hydrogens (tertiary/aromatic N) is 2. The molecule has 0 unspecified atom stereocenters. The van der Waals surface area contributed by atoms with Crippen LogP contribution in [0.1, 0.15) is 10.4 Å². The Morgan fingerprint density at radius 1 is 0.969 bits per heavy atom. The van der Waals surface area contributed by atoms with Crippen LogP contribution < -0.4 is 5.32 Å². The third kappa shape index (κ3) is 3.07. The lowest BCUT2D eigenvalue weighted by Gasteiger charge is -2.18. The van der Waals surface area contributed by atoms with Crippen molar-refractivity contribution in [3.05, 3.63) is 78.5 Å². The highest BCUT2D eigenvalue weighted by Crippen LogP contribution is 2.33. The first-order valence-corrected chi connectivity index (χ1v) is 10.9. The van der Waals surface area contributed by atoms with E-state index in [0.717, 1.165) is 33.2 Å². The lowest BCUT2D eigenvalue weighted by Crippen LogP contribution is -2.33. The Kier molecular flexibility index (Phi) is 4.31. The first kappa shape index (κ1) is 18.8. The van der Waals surface area contributed by atoms with Crippen molar-refractivity contribution >= 4 is 22.6 Å². The topological polar surface area (TPSA) is 78.1 Å². The van der Waals surface area contributed by atoms with Crippen molar-refractivity contribution in [2.45, 2.75) is 0 Å². The molecule has 6 rings (SSSR count). The molecule has 0 spiro atoms. The number of hydrogen-bond donors (Lipinski definition) is 2. The maximum absolute atomic E-state index is 13.1. The minimum absolute atomic E-state index is 0.000690. The Bertz CT molecular complexity index is 1350. The van der Waals surface area contributed by atoms with E-state index in [1.165, 1.54) is 0 Å². The number of carbonyl (C=O) groups is 2. The van der Waals surface area contributed by atoms with Gasteiger partial charge < -0.3 is 10.2 Å². The van der Waals surface area contributed by atoms with E-state index in [4.69, 9.17) is 0 Å². The summed E-state index contributed by atoms with van der Waals surface area (Å²) in [6.07, 6.45) is 1.75. The molecule has 158 valence electrons. The molecular weight excluding hydrogens is 400 g/mol. The Morgan fingerprint density at radius 2 is 1.84 bits per heavy atom. The van der Waals surface area contributed by atoms with Gasteiger partial charge in [-0.1, -0.05) is 42.5 Å². The standard InChI is InChI=1S/C26H22N4O2/c31-25-23-15-30(14-20(23)13-27-25)26(32)19-7-8-22-17(12-19)4-2-6-21(22)16-3-1-5-18(11-16)24-9-10-28-29-24/h1-12,20,23H,13-15H2,(H,27,31)(H,28,29)/t20-,23+/m0/s1. The Morgan fingerprint density at radius 3 is 2.69 bits per heavy atom. The summed E-state index contributed by atoms with van der Waals surface area (Å²) in [4.78, 5) is 26.9. The molecule has 32 heavy (non-hydrogen) atoms. The SMILES string of the molecule is O=C1NC[C@H]2CN(C(=O)c3ccc4c(-c5cccc(-c6ccn[nH]6)c5)cccc4c3)C[C@@H]12. The number of aromatic nitrogens is 2. The van der Waals surface area contributed by atoms with Crippen molar-refractivity contribution in [2.24, 2.45) is 11.8 Å². The maximum Gasteiger partial charge on any atom is 0.253 e. The predicted octanol–water partition coefficient (Wildman–Crippen LogP) is 3.71. The minimum Gasteiger partial charge on any atom is -0.355 e. The largest absolute Gasteiger partial charge is 0.355 e. The summed E-state index contributed by atoms with van der Waals surface area (Å²) in [6, 6.07) is 22.4. The molecule has 1 aromatic heterocycles. The van der Waals surface area contributed by atoms with Gasteiger partial charge in [0.15, 0.2) is 0 Å². The molecule has 0 saturated carbocycles. The van der Waals surface area contributed by atoms with Gasteiger partial charge in [0.2, 0.25) is 5.91 Å². The van der Waals surface area contributed by atoms with Gasteiger partial charge in [-0.2, -0.15) is 5.10 Å². The molecule has 0 aliphatic carbocycles. The van der Waals surface area contributed by atoms with E-state index in [-0.39, 0.29) is 23.7 Å². The van der Waals surface area contributed by atoms with Crippen LogP contribution in [0, 0.1) is 11.8 Å². The zero-order valence-electron chi connectivity index (χ0n) is 17.4. The average Bonchev–Trinajstić information content (AvgIpc) is 3.58. The fourth-order valence-corrected chi connectivity index (χ4v) is 5.03. The van der Waals surface area contributed by atoms with Crippen LogP contribution in [0.15, 0.2) is 72.9 Å². The van der Waals surface area contributed by atoms with Crippen molar-refractivity contribution in [1.82, 2.24) is 20.4 Å². The summed E-state index contributed by atoms with van der Waals surface area (Å²) < 4.78 is 0. The third-order valence-electron chi connectivity index (χ3n) is 6.72. The fraction of sp³-hybridized carbons (Fsp3) is 0.192. The monoisotopic (exact) mass is 422 g/mol. The highest BCUT2D eigenvalue weighted by molar-refractivity contribution is 6.03. The highest BCUT2D eigenvalue weighted by atomic mass is 16.2. The number of likely N-dealkylation sites (tertiary alicyclic amines) is 1. The van der Waals surface area contributed by atoms with Gasteiger partial charge in [-0.05, 0) is 46.2 Å². The maximum atomic E-state index is 13.1. The van der Waals surface area contributed by atoms with E-state index in [2.05, 4.69) is 39.8 Å².